The predicted octanol–water partition coefficient (Wildman–Crippen LogP) is 0.502. The van der Waals surface area contributed by atoms with Gasteiger partial charge >= 0.3 is 0 Å². The van der Waals surface area contributed by atoms with Crippen LogP contribution in [0.2, 0.25) is 0 Å². The molecule has 5 heteroatoms. The van der Waals surface area contributed by atoms with E-state index in [9.17, 15) is 5.11 Å². The molecule has 0 amide bonds. The van der Waals surface area contributed by atoms with E-state index in [1.54, 1.807) is 6.92 Å². The van der Waals surface area contributed by atoms with Crippen LogP contribution in [0.5, 0.6) is 5.75 Å². The zero-order valence-corrected chi connectivity index (χ0v) is 8.01. The third-order valence-electron chi connectivity index (χ3n) is 1.81. The zero-order chi connectivity index (χ0) is 9.14. The minimum absolute atomic E-state index is 0. The van der Waals surface area contributed by atoms with E-state index in [4.69, 9.17) is 10.2 Å². The van der Waals surface area contributed by atoms with Crippen LogP contribution in [-0.4, -0.2) is 20.3 Å². The first kappa shape index (κ1) is 12.2. The summed E-state index contributed by atoms with van der Waals surface area (Å²) in [7, 11) is 0. The summed E-state index contributed by atoms with van der Waals surface area (Å²) in [6.07, 6.45) is 1.45. The van der Waals surface area contributed by atoms with Crippen LogP contribution in [0.3, 0.4) is 0 Å². The molecule has 74 valence electrons. The van der Waals surface area contributed by atoms with E-state index >= 15 is 0 Å². The first-order valence-electron chi connectivity index (χ1n) is 3.58. The molecule has 0 aliphatic heterocycles. The largest absolute Gasteiger partial charge is 0.506 e. The molecule has 0 saturated carbocycles. The van der Waals surface area contributed by atoms with Crippen molar-refractivity contribution < 1.29 is 15.3 Å². The Morgan fingerprint density at radius 3 is 2.38 bits per heavy atom. The highest BCUT2D eigenvalue weighted by molar-refractivity contribution is 5.85. The SMILES string of the molecule is Cc1c(CO)cnc(CO)c1O.Cl. The van der Waals surface area contributed by atoms with E-state index in [0.29, 0.717) is 11.1 Å². The average molecular weight is 206 g/mol. The molecular formula is C8H12ClNO3. The highest BCUT2D eigenvalue weighted by Gasteiger charge is 2.08. The molecule has 1 rings (SSSR count). The molecule has 0 aromatic carbocycles. The van der Waals surface area contributed by atoms with E-state index in [1.807, 2.05) is 0 Å². The molecule has 0 aliphatic rings. The Bertz CT molecular complexity index is 262. The van der Waals surface area contributed by atoms with Gasteiger partial charge in [0.25, 0.3) is 0 Å². The van der Waals surface area contributed by atoms with Crippen molar-refractivity contribution in [3.8, 4) is 5.75 Å². The molecule has 0 fully saturated rings. The molecule has 13 heavy (non-hydrogen) atoms. The summed E-state index contributed by atoms with van der Waals surface area (Å²) in [5.74, 6) is -0.0379. The predicted molar refractivity (Wildman–Crippen MR) is 49.7 cm³/mol. The molecule has 0 bridgehead atoms. The first-order chi connectivity index (χ1) is 5.70. The van der Waals surface area contributed by atoms with Crippen molar-refractivity contribution in [3.05, 3.63) is 23.0 Å². The van der Waals surface area contributed by atoms with Gasteiger partial charge in [-0.3, -0.25) is 4.98 Å². The van der Waals surface area contributed by atoms with Gasteiger partial charge in [-0.25, -0.2) is 0 Å². The summed E-state index contributed by atoms with van der Waals surface area (Å²) in [5, 5.41) is 26.9. The number of hydrogen-bond acceptors (Lipinski definition) is 4. The van der Waals surface area contributed by atoms with Crippen LogP contribution in [-0.2, 0) is 13.2 Å². The quantitative estimate of drug-likeness (QED) is 0.658. The first-order valence-corrected chi connectivity index (χ1v) is 3.58. The Morgan fingerprint density at radius 1 is 1.31 bits per heavy atom. The van der Waals surface area contributed by atoms with E-state index in [0.717, 1.165) is 0 Å². The normalized spacial score (nSPS) is 9.46. The number of pyridine rings is 1. The van der Waals surface area contributed by atoms with Crippen molar-refractivity contribution in [2.24, 2.45) is 0 Å². The lowest BCUT2D eigenvalue weighted by atomic mass is 10.1. The summed E-state index contributed by atoms with van der Waals surface area (Å²) in [5.41, 5.74) is 1.38. The van der Waals surface area contributed by atoms with Crippen LogP contribution in [0.25, 0.3) is 0 Å². The number of aromatic hydroxyl groups is 1. The number of halogens is 1. The van der Waals surface area contributed by atoms with Crippen molar-refractivity contribution in [2.75, 3.05) is 0 Å². The number of nitrogens with zero attached hydrogens (tertiary/aromatic N) is 1. The molecule has 0 atom stereocenters. The van der Waals surface area contributed by atoms with Crippen LogP contribution in [0.4, 0.5) is 0 Å². The molecule has 1 heterocycles. The Balaban J connectivity index is 0.00000144. The lowest BCUT2D eigenvalue weighted by molar-refractivity contribution is 0.265. The topological polar surface area (TPSA) is 73.6 Å². The van der Waals surface area contributed by atoms with Crippen LogP contribution in [0.1, 0.15) is 16.8 Å². The smallest absolute Gasteiger partial charge is 0.142 e. The summed E-state index contributed by atoms with van der Waals surface area (Å²) in [6.45, 7) is 1.22. The van der Waals surface area contributed by atoms with Gasteiger partial charge < -0.3 is 15.3 Å². The van der Waals surface area contributed by atoms with Crippen molar-refractivity contribution in [1.82, 2.24) is 4.98 Å². The standard InChI is InChI=1S/C8H11NO3.ClH/c1-5-6(3-10)2-9-7(4-11)8(5)12;/h2,10-12H,3-4H2,1H3;1H. The summed E-state index contributed by atoms with van der Waals surface area (Å²) >= 11 is 0. The molecule has 1 aromatic heterocycles. The molecule has 0 spiro atoms. The number of aromatic nitrogens is 1. The fourth-order valence-electron chi connectivity index (χ4n) is 0.957. The van der Waals surface area contributed by atoms with Crippen LogP contribution in [0, 0.1) is 6.92 Å². The Labute approximate surface area is 82.3 Å². The number of aliphatic hydroxyl groups is 2. The summed E-state index contributed by atoms with van der Waals surface area (Å²) < 4.78 is 0. The summed E-state index contributed by atoms with van der Waals surface area (Å²) in [4.78, 5) is 3.77. The van der Waals surface area contributed by atoms with Gasteiger partial charge in [-0.15, -0.1) is 12.4 Å². The van der Waals surface area contributed by atoms with Crippen LogP contribution >= 0.6 is 12.4 Å². The van der Waals surface area contributed by atoms with Gasteiger partial charge in [0, 0.05) is 11.8 Å². The maximum absolute atomic E-state index is 9.38. The minimum Gasteiger partial charge on any atom is -0.506 e. The Kier molecular flexibility index (Phi) is 4.69. The van der Waals surface area contributed by atoms with Gasteiger partial charge in [0.05, 0.1) is 13.2 Å². The van der Waals surface area contributed by atoms with E-state index in [-0.39, 0.29) is 37.1 Å². The van der Waals surface area contributed by atoms with Gasteiger partial charge in [-0.05, 0) is 12.5 Å². The fraction of sp³-hybridized carbons (Fsp3) is 0.375. The monoisotopic (exact) mass is 205 g/mol. The van der Waals surface area contributed by atoms with Crippen LogP contribution in [0.15, 0.2) is 6.20 Å². The zero-order valence-electron chi connectivity index (χ0n) is 7.19. The van der Waals surface area contributed by atoms with Gasteiger partial charge in [0.15, 0.2) is 0 Å². The third kappa shape index (κ3) is 2.30. The van der Waals surface area contributed by atoms with Gasteiger partial charge in [-0.2, -0.15) is 0 Å². The molecule has 0 aliphatic carbocycles. The van der Waals surface area contributed by atoms with Gasteiger partial charge in [0.2, 0.25) is 0 Å². The van der Waals surface area contributed by atoms with E-state index < -0.39 is 0 Å². The maximum atomic E-state index is 9.38. The Morgan fingerprint density at radius 2 is 1.92 bits per heavy atom. The number of aliphatic hydroxyl groups excluding tert-OH is 2. The van der Waals surface area contributed by atoms with Crippen molar-refractivity contribution in [3.63, 3.8) is 0 Å². The molecule has 0 unspecified atom stereocenters. The molecule has 1 aromatic rings. The lowest BCUT2D eigenvalue weighted by Crippen LogP contribution is -1.97. The average Bonchev–Trinajstić information content (AvgIpc) is 2.10. The lowest BCUT2D eigenvalue weighted by Gasteiger charge is -2.06. The van der Waals surface area contributed by atoms with Crippen molar-refractivity contribution >= 4 is 12.4 Å². The highest BCUT2D eigenvalue weighted by atomic mass is 35.5. The highest BCUT2D eigenvalue weighted by Crippen LogP contribution is 2.22. The van der Waals surface area contributed by atoms with Crippen molar-refractivity contribution in [1.29, 1.82) is 0 Å². The third-order valence-corrected chi connectivity index (χ3v) is 1.81. The number of rotatable bonds is 2. The molecule has 4 nitrogen and oxygen atoms in total. The van der Waals surface area contributed by atoms with Gasteiger partial charge in [-0.1, -0.05) is 0 Å². The van der Waals surface area contributed by atoms with E-state index in [1.165, 1.54) is 6.20 Å². The Hall–Kier alpha value is -0.840. The molecule has 3 N–H and O–H groups in total. The number of hydrogen-bond donors (Lipinski definition) is 3. The summed E-state index contributed by atoms with van der Waals surface area (Å²) in [6, 6.07) is 0. The second-order valence-corrected chi connectivity index (χ2v) is 2.52. The van der Waals surface area contributed by atoms with Crippen molar-refractivity contribution in [2.45, 2.75) is 20.1 Å². The minimum atomic E-state index is -0.293. The molecule has 0 radical (unpaired) electrons. The second kappa shape index (κ2) is 5.01. The fourth-order valence-corrected chi connectivity index (χ4v) is 0.957. The van der Waals surface area contributed by atoms with E-state index in [2.05, 4.69) is 4.98 Å². The maximum Gasteiger partial charge on any atom is 0.142 e. The molecule has 0 saturated heterocycles. The van der Waals surface area contributed by atoms with Gasteiger partial charge in [0.1, 0.15) is 11.4 Å². The molecular weight excluding hydrogens is 194 g/mol. The second-order valence-electron chi connectivity index (χ2n) is 2.52. The van der Waals surface area contributed by atoms with Crippen LogP contribution < -0.4 is 0 Å².